The van der Waals surface area contributed by atoms with Crippen molar-refractivity contribution in [1.29, 1.82) is 0 Å². The molecule has 4 heteroatoms. The smallest absolute Gasteiger partial charge is 0.0897 e. The molecular formula is C19H22N2S2. The number of aryl methyl sites for hydroxylation is 2. The number of rotatable bonds is 5. The average molecular weight is 343 g/mol. The molecule has 0 saturated carbocycles. The summed E-state index contributed by atoms with van der Waals surface area (Å²) in [5.74, 6) is 0.0132. The molecule has 0 aromatic heterocycles. The lowest BCUT2D eigenvalue weighted by atomic mass is 10.0. The van der Waals surface area contributed by atoms with Crippen molar-refractivity contribution in [2.24, 2.45) is 5.92 Å². The highest BCUT2D eigenvalue weighted by atomic mass is 32.1. The van der Waals surface area contributed by atoms with Gasteiger partial charge in [0.1, 0.15) is 0 Å². The van der Waals surface area contributed by atoms with Gasteiger partial charge in [-0.15, -0.1) is 0 Å². The molecule has 0 aliphatic rings. The Morgan fingerprint density at radius 1 is 0.826 bits per heavy atom. The van der Waals surface area contributed by atoms with Gasteiger partial charge in [-0.05, 0) is 43.5 Å². The normalized spacial score (nSPS) is 10.4. The van der Waals surface area contributed by atoms with Gasteiger partial charge in [-0.2, -0.15) is 0 Å². The van der Waals surface area contributed by atoms with Crippen LogP contribution in [0.3, 0.4) is 0 Å². The Bertz CT molecular complexity index is 651. The minimum atomic E-state index is 0.0132. The van der Waals surface area contributed by atoms with E-state index in [4.69, 9.17) is 24.4 Å². The number of nitrogens with one attached hydrogen (secondary N) is 2. The number of anilines is 2. The summed E-state index contributed by atoms with van der Waals surface area (Å²) in [4.78, 5) is 1.51. The minimum absolute atomic E-state index is 0.0132. The number of thiocarbonyl (C=S) groups is 2. The molecule has 2 rings (SSSR count). The van der Waals surface area contributed by atoms with E-state index in [1.165, 1.54) is 11.1 Å². The highest BCUT2D eigenvalue weighted by Gasteiger charge is 2.19. The van der Waals surface area contributed by atoms with E-state index in [2.05, 4.69) is 43.5 Å². The summed E-state index contributed by atoms with van der Waals surface area (Å²) in [6.07, 6.45) is 0.857. The predicted molar refractivity (Wildman–Crippen MR) is 109 cm³/mol. The highest BCUT2D eigenvalue weighted by molar-refractivity contribution is 7.82. The van der Waals surface area contributed by atoms with E-state index in [0.717, 1.165) is 27.8 Å². The summed E-state index contributed by atoms with van der Waals surface area (Å²) in [5, 5.41) is 6.69. The fraction of sp³-hybridized carbons (Fsp3) is 0.263. The second-order valence-electron chi connectivity index (χ2n) is 5.57. The Morgan fingerprint density at radius 3 is 1.57 bits per heavy atom. The third-order valence-corrected chi connectivity index (χ3v) is 4.62. The van der Waals surface area contributed by atoms with Gasteiger partial charge < -0.3 is 10.6 Å². The Balaban J connectivity index is 2.09. The lowest BCUT2D eigenvalue weighted by molar-refractivity contribution is 0.874. The number of benzene rings is 2. The van der Waals surface area contributed by atoms with Crippen LogP contribution < -0.4 is 10.6 Å². The molecular weight excluding hydrogens is 320 g/mol. The predicted octanol–water partition coefficient (Wildman–Crippen LogP) is 5.51. The van der Waals surface area contributed by atoms with Crippen molar-refractivity contribution in [1.82, 2.24) is 0 Å². The van der Waals surface area contributed by atoms with Crippen LogP contribution in [0, 0.1) is 19.8 Å². The van der Waals surface area contributed by atoms with Crippen molar-refractivity contribution in [2.45, 2.75) is 27.2 Å². The molecule has 120 valence electrons. The third kappa shape index (κ3) is 4.60. The summed E-state index contributed by atoms with van der Waals surface area (Å²) in [7, 11) is 0. The lowest BCUT2D eigenvalue weighted by Crippen LogP contribution is -2.31. The summed E-state index contributed by atoms with van der Waals surface area (Å²) in [6.45, 7) is 6.23. The van der Waals surface area contributed by atoms with Gasteiger partial charge in [-0.1, -0.05) is 67.8 Å². The van der Waals surface area contributed by atoms with Crippen LogP contribution >= 0.6 is 24.4 Å². The molecule has 0 aliphatic carbocycles. The molecule has 2 N–H and O–H groups in total. The second kappa shape index (κ2) is 8.18. The average Bonchev–Trinajstić information content (AvgIpc) is 2.52. The monoisotopic (exact) mass is 342 g/mol. The molecule has 0 aliphatic heterocycles. The van der Waals surface area contributed by atoms with Gasteiger partial charge >= 0.3 is 0 Å². The zero-order valence-corrected chi connectivity index (χ0v) is 15.4. The molecule has 0 radical (unpaired) electrons. The van der Waals surface area contributed by atoms with Gasteiger partial charge in [0.05, 0.1) is 15.9 Å². The molecule has 2 aromatic rings. The lowest BCUT2D eigenvalue weighted by Gasteiger charge is -2.21. The summed E-state index contributed by atoms with van der Waals surface area (Å²) < 4.78 is 0. The number of para-hydroxylation sites is 2. The molecule has 0 amide bonds. The minimum Gasteiger partial charge on any atom is -0.349 e. The van der Waals surface area contributed by atoms with Gasteiger partial charge in [-0.3, -0.25) is 0 Å². The van der Waals surface area contributed by atoms with Crippen molar-refractivity contribution in [2.75, 3.05) is 10.6 Å². The van der Waals surface area contributed by atoms with E-state index in [9.17, 15) is 0 Å². The summed E-state index contributed by atoms with van der Waals surface area (Å²) in [5.41, 5.74) is 4.41. The molecule has 0 atom stereocenters. The summed E-state index contributed by atoms with van der Waals surface area (Å²) >= 11 is 11.2. The highest BCUT2D eigenvalue weighted by Crippen LogP contribution is 2.20. The molecule has 0 bridgehead atoms. The zero-order chi connectivity index (χ0) is 16.8. The number of hydrogen-bond donors (Lipinski definition) is 2. The van der Waals surface area contributed by atoms with Gasteiger partial charge in [0.15, 0.2) is 0 Å². The van der Waals surface area contributed by atoms with Gasteiger partial charge in [-0.25, -0.2) is 0 Å². The molecule has 0 fully saturated rings. The van der Waals surface area contributed by atoms with Crippen molar-refractivity contribution in [3.05, 3.63) is 59.7 Å². The quantitative estimate of drug-likeness (QED) is 0.700. The molecule has 0 unspecified atom stereocenters. The summed E-state index contributed by atoms with van der Waals surface area (Å²) in [6, 6.07) is 16.2. The maximum absolute atomic E-state index is 5.60. The van der Waals surface area contributed by atoms with Crippen molar-refractivity contribution >= 4 is 45.8 Å². The molecule has 0 spiro atoms. The van der Waals surface area contributed by atoms with Crippen LogP contribution in [0.25, 0.3) is 0 Å². The van der Waals surface area contributed by atoms with Crippen molar-refractivity contribution in [3.63, 3.8) is 0 Å². The van der Waals surface area contributed by atoms with E-state index in [1.807, 2.05) is 36.4 Å². The van der Waals surface area contributed by atoms with Crippen LogP contribution in [0.5, 0.6) is 0 Å². The van der Waals surface area contributed by atoms with E-state index in [0.29, 0.717) is 0 Å². The molecule has 0 heterocycles. The molecule has 2 aromatic carbocycles. The fourth-order valence-electron chi connectivity index (χ4n) is 2.36. The topological polar surface area (TPSA) is 24.1 Å². The van der Waals surface area contributed by atoms with E-state index in [-0.39, 0.29) is 5.92 Å². The van der Waals surface area contributed by atoms with E-state index in [1.54, 1.807) is 0 Å². The van der Waals surface area contributed by atoms with Gasteiger partial charge in [0.25, 0.3) is 0 Å². The SMILES string of the molecule is CCC(C(=S)Nc1ccccc1C)C(=S)Nc1ccccc1C. The Morgan fingerprint density at radius 2 is 1.22 bits per heavy atom. The van der Waals surface area contributed by atoms with E-state index < -0.39 is 0 Å². The van der Waals surface area contributed by atoms with E-state index >= 15 is 0 Å². The first-order valence-electron chi connectivity index (χ1n) is 7.76. The van der Waals surface area contributed by atoms with Crippen molar-refractivity contribution < 1.29 is 0 Å². The molecule has 23 heavy (non-hydrogen) atoms. The van der Waals surface area contributed by atoms with Crippen LogP contribution in [0.4, 0.5) is 11.4 Å². The van der Waals surface area contributed by atoms with Crippen LogP contribution in [0.2, 0.25) is 0 Å². The van der Waals surface area contributed by atoms with Gasteiger partial charge in [0.2, 0.25) is 0 Å². The zero-order valence-electron chi connectivity index (χ0n) is 13.7. The largest absolute Gasteiger partial charge is 0.349 e. The molecule has 2 nitrogen and oxygen atoms in total. The van der Waals surface area contributed by atoms with Crippen molar-refractivity contribution in [3.8, 4) is 0 Å². The van der Waals surface area contributed by atoms with Crippen LogP contribution in [-0.4, -0.2) is 9.98 Å². The first-order chi connectivity index (χ1) is 11.0. The second-order valence-corrected chi connectivity index (χ2v) is 6.45. The fourth-order valence-corrected chi connectivity index (χ4v) is 3.22. The van der Waals surface area contributed by atoms with Crippen LogP contribution in [-0.2, 0) is 0 Å². The number of hydrogen-bond acceptors (Lipinski definition) is 2. The van der Waals surface area contributed by atoms with Crippen LogP contribution in [0.1, 0.15) is 24.5 Å². The Labute approximate surface area is 149 Å². The standard InChI is InChI=1S/C19H22N2S2/c1-4-15(18(22)20-16-11-7-5-9-13(16)2)19(23)21-17-12-8-6-10-14(17)3/h5-12,15H,4H2,1-3H3,(H,20,22)(H,21,23). The Kier molecular flexibility index (Phi) is 6.25. The maximum Gasteiger partial charge on any atom is 0.0897 e. The molecule has 0 saturated heterocycles. The Hall–Kier alpha value is -1.78. The first-order valence-corrected chi connectivity index (χ1v) is 8.57. The van der Waals surface area contributed by atoms with Crippen LogP contribution in [0.15, 0.2) is 48.5 Å². The van der Waals surface area contributed by atoms with Gasteiger partial charge in [0, 0.05) is 11.4 Å². The maximum atomic E-state index is 5.60. The third-order valence-electron chi connectivity index (χ3n) is 3.85. The first kappa shape index (κ1) is 17.6.